The predicted molar refractivity (Wildman–Crippen MR) is 77.8 cm³/mol. The molecule has 2 aromatic rings. The fourth-order valence-electron chi connectivity index (χ4n) is 1.87. The van der Waals surface area contributed by atoms with Crippen LogP contribution in [0.15, 0.2) is 29.2 Å². The summed E-state index contributed by atoms with van der Waals surface area (Å²) < 4.78 is 26.8. The van der Waals surface area contributed by atoms with E-state index in [-0.39, 0.29) is 20.8 Å². The van der Waals surface area contributed by atoms with Crippen molar-refractivity contribution >= 4 is 39.0 Å². The van der Waals surface area contributed by atoms with Crippen molar-refractivity contribution in [3.63, 3.8) is 0 Å². The molecule has 20 heavy (non-hydrogen) atoms. The summed E-state index contributed by atoms with van der Waals surface area (Å²) in [6, 6.07) is 5.86. The number of aromatic nitrogens is 2. The lowest BCUT2D eigenvalue weighted by atomic mass is 10.3. The second-order valence-electron chi connectivity index (χ2n) is 4.69. The molecule has 1 saturated carbocycles. The number of benzene rings is 1. The molecule has 1 aromatic heterocycles. The lowest BCUT2D eigenvalue weighted by Crippen LogP contribution is -2.13. The number of rotatable bonds is 4. The van der Waals surface area contributed by atoms with Crippen LogP contribution >= 0.6 is 23.2 Å². The first-order chi connectivity index (χ1) is 9.44. The van der Waals surface area contributed by atoms with Crippen LogP contribution in [0.1, 0.15) is 24.5 Å². The van der Waals surface area contributed by atoms with Gasteiger partial charge in [0.2, 0.25) is 0 Å². The summed E-state index contributed by atoms with van der Waals surface area (Å²) in [6.07, 6.45) is 2.22. The molecule has 0 bridgehead atoms. The van der Waals surface area contributed by atoms with Crippen molar-refractivity contribution in [3.8, 4) is 0 Å². The molecule has 0 saturated heterocycles. The van der Waals surface area contributed by atoms with E-state index < -0.39 is 10.0 Å². The maximum absolute atomic E-state index is 12.2. The molecule has 0 spiro atoms. The Morgan fingerprint density at radius 2 is 1.80 bits per heavy atom. The summed E-state index contributed by atoms with van der Waals surface area (Å²) in [6.45, 7) is 0. The number of aromatic amines is 1. The molecule has 1 aromatic carbocycles. The largest absolute Gasteiger partial charge is 0.280 e. The Bertz CT molecular complexity index is 734. The van der Waals surface area contributed by atoms with Crippen molar-refractivity contribution < 1.29 is 8.42 Å². The maximum Gasteiger partial charge on any atom is 0.263 e. The summed E-state index contributed by atoms with van der Waals surface area (Å²) in [5.41, 5.74) is 0.951. The molecule has 5 nitrogen and oxygen atoms in total. The van der Waals surface area contributed by atoms with Gasteiger partial charge in [0.25, 0.3) is 10.0 Å². The Morgan fingerprint density at radius 3 is 2.40 bits per heavy atom. The van der Waals surface area contributed by atoms with Crippen LogP contribution in [-0.4, -0.2) is 18.6 Å². The first-order valence-corrected chi connectivity index (χ1v) is 8.22. The molecule has 1 fully saturated rings. The number of anilines is 1. The van der Waals surface area contributed by atoms with E-state index in [0.29, 0.717) is 5.92 Å². The molecule has 1 aliphatic carbocycles. The molecule has 1 aliphatic rings. The van der Waals surface area contributed by atoms with Gasteiger partial charge in [-0.2, -0.15) is 5.10 Å². The number of halogens is 2. The van der Waals surface area contributed by atoms with Gasteiger partial charge in [-0.1, -0.05) is 23.2 Å². The molecule has 8 heteroatoms. The first kappa shape index (κ1) is 13.7. The van der Waals surface area contributed by atoms with Gasteiger partial charge in [-0.3, -0.25) is 9.82 Å². The van der Waals surface area contributed by atoms with E-state index in [2.05, 4.69) is 14.9 Å². The maximum atomic E-state index is 12.2. The third-order valence-electron chi connectivity index (χ3n) is 3.00. The van der Waals surface area contributed by atoms with Gasteiger partial charge < -0.3 is 0 Å². The zero-order valence-corrected chi connectivity index (χ0v) is 12.6. The zero-order valence-electron chi connectivity index (χ0n) is 10.2. The van der Waals surface area contributed by atoms with E-state index in [4.69, 9.17) is 23.2 Å². The Morgan fingerprint density at radius 1 is 1.15 bits per heavy atom. The minimum absolute atomic E-state index is 0.00553. The van der Waals surface area contributed by atoms with E-state index in [9.17, 15) is 8.42 Å². The molecule has 0 atom stereocenters. The molecule has 0 aliphatic heterocycles. The monoisotopic (exact) mass is 331 g/mol. The van der Waals surface area contributed by atoms with Crippen LogP contribution in [0.3, 0.4) is 0 Å². The molecular weight excluding hydrogens is 321 g/mol. The minimum atomic E-state index is -3.75. The van der Waals surface area contributed by atoms with Crippen LogP contribution in [0.5, 0.6) is 0 Å². The quantitative estimate of drug-likeness (QED) is 0.901. The van der Waals surface area contributed by atoms with Gasteiger partial charge in [0.15, 0.2) is 5.82 Å². The Hall–Kier alpha value is -1.24. The number of nitrogens with one attached hydrogen (secondary N) is 2. The highest BCUT2D eigenvalue weighted by molar-refractivity contribution is 7.92. The third kappa shape index (κ3) is 2.92. The van der Waals surface area contributed by atoms with Gasteiger partial charge in [-0.05, 0) is 31.0 Å². The summed E-state index contributed by atoms with van der Waals surface area (Å²) in [5, 5.41) is 7.31. The van der Waals surface area contributed by atoms with Crippen molar-refractivity contribution in [2.75, 3.05) is 4.72 Å². The Balaban J connectivity index is 1.86. The van der Waals surface area contributed by atoms with Crippen LogP contribution in [-0.2, 0) is 10.0 Å². The molecule has 1 heterocycles. The molecule has 2 N–H and O–H groups in total. The normalized spacial score (nSPS) is 15.3. The molecular formula is C12H11Cl2N3O2S. The SMILES string of the molecule is O=S(=O)(Nc1cc(C2CC2)[nH]n1)c1cc(Cl)cc(Cl)c1. The van der Waals surface area contributed by atoms with E-state index in [1.54, 1.807) is 6.07 Å². The fourth-order valence-corrected chi connectivity index (χ4v) is 3.59. The van der Waals surface area contributed by atoms with Crippen LogP contribution in [0, 0.1) is 0 Å². The molecule has 3 rings (SSSR count). The second-order valence-corrected chi connectivity index (χ2v) is 7.25. The highest BCUT2D eigenvalue weighted by atomic mass is 35.5. The fraction of sp³-hybridized carbons (Fsp3) is 0.250. The van der Waals surface area contributed by atoms with Gasteiger partial charge in [0.05, 0.1) is 4.90 Å². The standard InChI is InChI=1S/C12H11Cl2N3O2S/c13-8-3-9(14)5-10(4-8)20(18,19)17-12-6-11(15-16-12)7-1-2-7/h3-7H,1-2H2,(H2,15,16,17). The second kappa shape index (κ2) is 4.95. The van der Waals surface area contributed by atoms with Crippen LogP contribution in [0.25, 0.3) is 0 Å². The van der Waals surface area contributed by atoms with Gasteiger partial charge in [0, 0.05) is 27.7 Å². The lowest BCUT2D eigenvalue weighted by molar-refractivity contribution is 0.601. The first-order valence-electron chi connectivity index (χ1n) is 5.98. The number of hydrogen-bond acceptors (Lipinski definition) is 3. The molecule has 106 valence electrons. The summed E-state index contributed by atoms with van der Waals surface area (Å²) >= 11 is 11.6. The average molecular weight is 332 g/mol. The van der Waals surface area contributed by atoms with E-state index in [1.165, 1.54) is 18.2 Å². The smallest absolute Gasteiger partial charge is 0.263 e. The topological polar surface area (TPSA) is 74.8 Å². The van der Waals surface area contributed by atoms with Gasteiger partial charge >= 0.3 is 0 Å². The van der Waals surface area contributed by atoms with Crippen molar-refractivity contribution in [2.45, 2.75) is 23.7 Å². The lowest BCUT2D eigenvalue weighted by Gasteiger charge is -2.06. The summed E-state index contributed by atoms with van der Waals surface area (Å²) in [4.78, 5) is 0.00553. The molecule has 0 radical (unpaired) electrons. The van der Waals surface area contributed by atoms with E-state index >= 15 is 0 Å². The van der Waals surface area contributed by atoms with Crippen LogP contribution in [0.4, 0.5) is 5.82 Å². The Kier molecular flexibility index (Phi) is 3.40. The van der Waals surface area contributed by atoms with E-state index in [0.717, 1.165) is 18.5 Å². The number of hydrogen-bond donors (Lipinski definition) is 2. The number of sulfonamides is 1. The zero-order chi connectivity index (χ0) is 14.3. The number of nitrogens with zero attached hydrogens (tertiary/aromatic N) is 1. The van der Waals surface area contributed by atoms with Gasteiger partial charge in [-0.15, -0.1) is 0 Å². The van der Waals surface area contributed by atoms with Gasteiger partial charge in [0.1, 0.15) is 0 Å². The summed E-state index contributed by atoms with van der Waals surface area (Å²) in [5.74, 6) is 0.740. The third-order valence-corrected chi connectivity index (χ3v) is 4.77. The molecule has 0 amide bonds. The Labute approximate surface area is 126 Å². The highest BCUT2D eigenvalue weighted by Gasteiger charge is 2.26. The minimum Gasteiger partial charge on any atom is -0.280 e. The van der Waals surface area contributed by atoms with Crippen molar-refractivity contribution in [1.82, 2.24) is 10.2 Å². The van der Waals surface area contributed by atoms with Crippen LogP contribution in [0.2, 0.25) is 10.0 Å². The predicted octanol–water partition coefficient (Wildman–Crippen LogP) is 3.39. The van der Waals surface area contributed by atoms with Gasteiger partial charge in [-0.25, -0.2) is 8.42 Å². The van der Waals surface area contributed by atoms with Crippen molar-refractivity contribution in [3.05, 3.63) is 40.0 Å². The average Bonchev–Trinajstić information content (AvgIpc) is 3.09. The van der Waals surface area contributed by atoms with Crippen molar-refractivity contribution in [2.24, 2.45) is 0 Å². The number of H-pyrrole nitrogens is 1. The highest BCUT2D eigenvalue weighted by Crippen LogP contribution is 2.39. The van der Waals surface area contributed by atoms with Crippen LogP contribution < -0.4 is 4.72 Å². The summed E-state index contributed by atoms with van der Waals surface area (Å²) in [7, 11) is -3.75. The van der Waals surface area contributed by atoms with Crippen molar-refractivity contribution in [1.29, 1.82) is 0 Å². The molecule has 0 unspecified atom stereocenters. The van der Waals surface area contributed by atoms with E-state index in [1.807, 2.05) is 0 Å².